The van der Waals surface area contributed by atoms with Crippen LogP contribution < -0.4 is 10.6 Å². The second-order valence-electron chi connectivity index (χ2n) is 4.26. The molecule has 0 saturated heterocycles. The highest BCUT2D eigenvalue weighted by Crippen LogP contribution is 2.15. The normalized spacial score (nSPS) is 10.9. The molecular weight excluding hydrogens is 238 g/mol. The highest BCUT2D eigenvalue weighted by molar-refractivity contribution is 6.28. The maximum Gasteiger partial charge on any atom is 0.231 e. The molecule has 17 heavy (non-hydrogen) atoms. The maximum absolute atomic E-state index is 5.79. The van der Waals surface area contributed by atoms with Gasteiger partial charge < -0.3 is 10.6 Å². The van der Waals surface area contributed by atoms with E-state index in [1.807, 2.05) is 0 Å². The van der Waals surface area contributed by atoms with E-state index in [1.165, 1.54) is 12.8 Å². The van der Waals surface area contributed by atoms with Crippen molar-refractivity contribution in [2.24, 2.45) is 0 Å². The average molecular weight is 258 g/mol. The lowest BCUT2D eigenvalue weighted by Crippen LogP contribution is -2.33. The Kier molecular flexibility index (Phi) is 5.41. The number of halogens is 1. The van der Waals surface area contributed by atoms with Gasteiger partial charge in [0.1, 0.15) is 0 Å². The maximum atomic E-state index is 5.79. The predicted molar refractivity (Wildman–Crippen MR) is 71.3 cm³/mol. The summed E-state index contributed by atoms with van der Waals surface area (Å²) in [5, 5.41) is 0.147. The molecule has 0 fully saturated rings. The molecule has 1 heterocycles. The van der Waals surface area contributed by atoms with Crippen molar-refractivity contribution in [1.29, 1.82) is 0 Å². The average Bonchev–Trinajstić information content (AvgIpc) is 2.22. The van der Waals surface area contributed by atoms with Crippen LogP contribution in [0.3, 0.4) is 0 Å². The van der Waals surface area contributed by atoms with Crippen LogP contribution in [0.4, 0.5) is 11.9 Å². The Morgan fingerprint density at radius 2 is 1.94 bits per heavy atom. The van der Waals surface area contributed by atoms with Crippen LogP contribution in [-0.2, 0) is 0 Å². The van der Waals surface area contributed by atoms with Gasteiger partial charge in [-0.1, -0.05) is 19.8 Å². The molecule has 0 atom stereocenters. The summed E-state index contributed by atoms with van der Waals surface area (Å²) >= 11 is 5.79. The Bertz CT molecular complexity index is 335. The van der Waals surface area contributed by atoms with E-state index in [0.29, 0.717) is 12.0 Å². The van der Waals surface area contributed by atoms with Gasteiger partial charge in [-0.2, -0.15) is 15.0 Å². The highest BCUT2D eigenvalue weighted by atomic mass is 35.5. The first-order chi connectivity index (χ1) is 8.04. The molecule has 0 aliphatic heterocycles. The molecule has 0 bridgehead atoms. The number of aromatic nitrogens is 3. The molecule has 1 aromatic heterocycles. The number of nitrogen functional groups attached to an aromatic ring is 1. The zero-order valence-electron chi connectivity index (χ0n) is 10.6. The zero-order chi connectivity index (χ0) is 12.8. The summed E-state index contributed by atoms with van der Waals surface area (Å²) in [6.07, 6.45) is 3.49. The summed E-state index contributed by atoms with van der Waals surface area (Å²) in [4.78, 5) is 14.1. The van der Waals surface area contributed by atoms with Crippen LogP contribution in [0.5, 0.6) is 0 Å². The van der Waals surface area contributed by atoms with Crippen LogP contribution in [-0.4, -0.2) is 27.5 Å². The molecule has 6 heteroatoms. The summed E-state index contributed by atoms with van der Waals surface area (Å²) < 4.78 is 0. The minimum Gasteiger partial charge on any atom is -0.368 e. The van der Waals surface area contributed by atoms with E-state index < -0.39 is 0 Å². The lowest BCUT2D eigenvalue weighted by Gasteiger charge is -2.26. The lowest BCUT2D eigenvalue weighted by atomic mass is 10.2. The van der Waals surface area contributed by atoms with Gasteiger partial charge in [0, 0.05) is 12.6 Å². The van der Waals surface area contributed by atoms with Crippen molar-refractivity contribution in [3.63, 3.8) is 0 Å². The number of nitrogens with two attached hydrogens (primary N) is 1. The van der Waals surface area contributed by atoms with E-state index >= 15 is 0 Å². The minimum atomic E-state index is 0.147. The molecule has 1 aromatic rings. The summed E-state index contributed by atoms with van der Waals surface area (Å²) in [6.45, 7) is 7.28. The Balaban J connectivity index is 2.81. The third kappa shape index (κ3) is 4.34. The first-order valence-corrected chi connectivity index (χ1v) is 6.36. The van der Waals surface area contributed by atoms with Gasteiger partial charge in [0.2, 0.25) is 17.2 Å². The second kappa shape index (κ2) is 6.59. The summed E-state index contributed by atoms with van der Waals surface area (Å²) in [6, 6.07) is 0.310. The molecule has 0 unspecified atom stereocenters. The summed E-state index contributed by atoms with van der Waals surface area (Å²) in [7, 11) is 0. The van der Waals surface area contributed by atoms with Crippen molar-refractivity contribution in [2.75, 3.05) is 17.2 Å². The van der Waals surface area contributed by atoms with E-state index in [0.717, 1.165) is 13.0 Å². The molecule has 0 aliphatic carbocycles. The Labute approximate surface area is 107 Å². The molecule has 0 amide bonds. The fourth-order valence-corrected chi connectivity index (χ4v) is 1.77. The van der Waals surface area contributed by atoms with Crippen molar-refractivity contribution in [2.45, 2.75) is 46.1 Å². The number of anilines is 2. The first-order valence-electron chi connectivity index (χ1n) is 5.98. The van der Waals surface area contributed by atoms with Gasteiger partial charge in [-0.05, 0) is 31.9 Å². The molecule has 0 saturated carbocycles. The molecule has 96 valence electrons. The van der Waals surface area contributed by atoms with Crippen molar-refractivity contribution >= 4 is 23.5 Å². The molecule has 0 radical (unpaired) electrons. The van der Waals surface area contributed by atoms with Crippen molar-refractivity contribution < 1.29 is 0 Å². The van der Waals surface area contributed by atoms with E-state index in [-0.39, 0.29) is 11.2 Å². The Hall–Kier alpha value is -1.10. The highest BCUT2D eigenvalue weighted by Gasteiger charge is 2.14. The number of nitrogens with zero attached hydrogens (tertiary/aromatic N) is 4. The summed E-state index contributed by atoms with van der Waals surface area (Å²) in [5.74, 6) is 0.731. The Morgan fingerprint density at radius 1 is 1.24 bits per heavy atom. The number of unbranched alkanes of at least 4 members (excludes halogenated alkanes) is 2. The number of hydrogen-bond acceptors (Lipinski definition) is 5. The third-order valence-corrected chi connectivity index (χ3v) is 2.67. The van der Waals surface area contributed by atoms with Crippen molar-refractivity contribution in [3.05, 3.63) is 5.28 Å². The third-order valence-electron chi connectivity index (χ3n) is 2.50. The van der Waals surface area contributed by atoms with Gasteiger partial charge in [0.15, 0.2) is 0 Å². The zero-order valence-corrected chi connectivity index (χ0v) is 11.4. The number of rotatable bonds is 6. The van der Waals surface area contributed by atoms with Crippen molar-refractivity contribution in [3.8, 4) is 0 Å². The van der Waals surface area contributed by atoms with Gasteiger partial charge in [0.05, 0.1) is 0 Å². The monoisotopic (exact) mass is 257 g/mol. The SMILES string of the molecule is CCCCCN(c1nc(N)nc(Cl)n1)C(C)C. The molecule has 0 aromatic carbocycles. The fourth-order valence-electron chi connectivity index (χ4n) is 1.60. The summed E-state index contributed by atoms with van der Waals surface area (Å²) in [5.41, 5.74) is 5.58. The quantitative estimate of drug-likeness (QED) is 0.793. The van der Waals surface area contributed by atoms with Gasteiger partial charge in [-0.15, -0.1) is 0 Å². The van der Waals surface area contributed by atoms with Crippen LogP contribution in [0.25, 0.3) is 0 Å². The van der Waals surface area contributed by atoms with E-state index in [4.69, 9.17) is 17.3 Å². The van der Waals surface area contributed by atoms with Gasteiger partial charge >= 0.3 is 0 Å². The van der Waals surface area contributed by atoms with Crippen LogP contribution in [0.1, 0.15) is 40.0 Å². The molecule has 0 aliphatic rings. The first kappa shape index (κ1) is 14.0. The Morgan fingerprint density at radius 3 is 2.47 bits per heavy atom. The molecular formula is C11H20ClN5. The lowest BCUT2D eigenvalue weighted by molar-refractivity contribution is 0.611. The topological polar surface area (TPSA) is 67.9 Å². The van der Waals surface area contributed by atoms with Crippen LogP contribution in [0, 0.1) is 0 Å². The minimum absolute atomic E-state index is 0.147. The van der Waals surface area contributed by atoms with Crippen LogP contribution in [0.15, 0.2) is 0 Å². The second-order valence-corrected chi connectivity index (χ2v) is 4.59. The standard InChI is InChI=1S/C11H20ClN5/c1-4-5-6-7-17(8(2)3)11-15-9(12)14-10(13)16-11/h8H,4-7H2,1-3H3,(H2,13,14,15,16). The molecule has 1 rings (SSSR count). The largest absolute Gasteiger partial charge is 0.368 e. The van der Waals surface area contributed by atoms with Crippen LogP contribution >= 0.6 is 11.6 Å². The van der Waals surface area contributed by atoms with E-state index in [2.05, 4.69) is 40.6 Å². The molecule has 0 spiro atoms. The van der Waals surface area contributed by atoms with Gasteiger partial charge in [-0.25, -0.2) is 0 Å². The molecule has 5 nitrogen and oxygen atoms in total. The van der Waals surface area contributed by atoms with Gasteiger partial charge in [0.25, 0.3) is 0 Å². The van der Waals surface area contributed by atoms with Crippen molar-refractivity contribution in [1.82, 2.24) is 15.0 Å². The van der Waals surface area contributed by atoms with Gasteiger partial charge in [-0.3, -0.25) is 0 Å². The number of hydrogen-bond donors (Lipinski definition) is 1. The smallest absolute Gasteiger partial charge is 0.231 e. The molecule has 2 N–H and O–H groups in total. The van der Waals surface area contributed by atoms with E-state index in [9.17, 15) is 0 Å². The predicted octanol–water partition coefficient (Wildman–Crippen LogP) is 2.51. The van der Waals surface area contributed by atoms with E-state index in [1.54, 1.807) is 0 Å². The van der Waals surface area contributed by atoms with Crippen LogP contribution in [0.2, 0.25) is 5.28 Å². The fraction of sp³-hybridized carbons (Fsp3) is 0.727.